The van der Waals surface area contributed by atoms with Gasteiger partial charge in [-0.15, -0.1) is 0 Å². The number of rotatable bonds is 34. The van der Waals surface area contributed by atoms with Crippen molar-refractivity contribution in [3.63, 3.8) is 0 Å². The number of hydrogen-bond acceptors (Lipinski definition) is 20. The van der Waals surface area contributed by atoms with Crippen LogP contribution in [0.1, 0.15) is 113 Å². The summed E-state index contributed by atoms with van der Waals surface area (Å²) < 4.78 is 45.7. The van der Waals surface area contributed by atoms with Crippen LogP contribution in [0.25, 0.3) is 22.3 Å². The van der Waals surface area contributed by atoms with Crippen LogP contribution in [0.4, 0.5) is 15.3 Å². The van der Waals surface area contributed by atoms with E-state index in [0.29, 0.717) is 90.7 Å². The van der Waals surface area contributed by atoms with Crippen LogP contribution >= 0.6 is 0 Å². The van der Waals surface area contributed by atoms with E-state index in [1.165, 1.54) is 16.7 Å². The predicted octanol–water partition coefficient (Wildman–Crippen LogP) is 3.59. The molecule has 0 saturated carbocycles. The zero-order chi connectivity index (χ0) is 66.8. The number of cyclic esters (lactones) is 1. The number of esters is 1. The third-order valence-electron chi connectivity index (χ3n) is 15.7. The van der Waals surface area contributed by atoms with E-state index in [0.717, 1.165) is 15.8 Å². The molecule has 2 aromatic carbocycles. The first-order valence-electron chi connectivity index (χ1n) is 31.3. The van der Waals surface area contributed by atoms with Crippen LogP contribution in [0.2, 0.25) is 0 Å². The van der Waals surface area contributed by atoms with Crippen LogP contribution in [0.5, 0.6) is 5.75 Å². The number of alkyl carbamates (subject to hydrolysis) is 2. The summed E-state index contributed by atoms with van der Waals surface area (Å²) in [5.41, 5.74) is 2.01. The summed E-state index contributed by atoms with van der Waals surface area (Å²) in [6, 6.07) is 9.95. The lowest BCUT2D eigenvalue weighted by atomic mass is 9.86. The molecular formula is C65H83N9O19. The van der Waals surface area contributed by atoms with Crippen molar-refractivity contribution >= 4 is 70.2 Å². The van der Waals surface area contributed by atoms with Gasteiger partial charge in [0.1, 0.15) is 36.6 Å². The lowest BCUT2D eigenvalue weighted by Gasteiger charge is -2.31. The first kappa shape index (κ1) is 70.0. The number of hydrogen-bond donors (Lipinski definition) is 7. The predicted molar refractivity (Wildman–Crippen MR) is 334 cm³/mol. The first-order valence-corrected chi connectivity index (χ1v) is 31.3. The van der Waals surface area contributed by atoms with Crippen molar-refractivity contribution in [3.8, 4) is 17.1 Å². The number of benzene rings is 2. The summed E-state index contributed by atoms with van der Waals surface area (Å²) >= 11 is 0. The summed E-state index contributed by atoms with van der Waals surface area (Å²) in [6.45, 7) is 13.0. The van der Waals surface area contributed by atoms with Gasteiger partial charge in [0.25, 0.3) is 17.4 Å². The number of carbonyl (C=O) groups is 9. The fourth-order valence-corrected chi connectivity index (χ4v) is 10.7. The SMILES string of the molecule is CC[C@@]1(O)C(=O)OCc2c1cc1n(c2=O)Cc2c-1nc1cc3c(cc1c2CNC(=O)OCc1ccc(NC(=O)C(CCCCNC(=O)OC(C)(C)C)NC(=O)C(NC(=O)CCOCCOCCOCCOCCNC(=O)CCN2C(=O)C=CC2=O)C(C)C)cc1)CCO3. The van der Waals surface area contributed by atoms with Gasteiger partial charge in [0, 0.05) is 85.9 Å². The van der Waals surface area contributed by atoms with Crippen molar-refractivity contribution in [1.82, 2.24) is 41.0 Å². The smallest absolute Gasteiger partial charge is 0.407 e. The maximum absolute atomic E-state index is 14.0. The minimum absolute atomic E-state index is 0.00488. The number of nitrogens with one attached hydrogen (secondary N) is 6. The van der Waals surface area contributed by atoms with E-state index >= 15 is 0 Å². The van der Waals surface area contributed by atoms with E-state index < -0.39 is 76.5 Å². The number of carbonyl (C=O) groups excluding carboxylic acids is 9. The Bertz CT molecular complexity index is 3490. The quantitative estimate of drug-likeness (QED) is 0.0134. The fourth-order valence-electron chi connectivity index (χ4n) is 10.7. The normalized spacial score (nSPS) is 16.0. The molecule has 2 unspecified atom stereocenters. The van der Waals surface area contributed by atoms with E-state index in [2.05, 4.69) is 31.9 Å². The molecule has 0 saturated heterocycles. The number of fused-ring (bicyclic) bond motifs is 6. The highest BCUT2D eigenvalue weighted by molar-refractivity contribution is 6.13. The lowest BCUT2D eigenvalue weighted by Crippen LogP contribution is -2.54. The summed E-state index contributed by atoms with van der Waals surface area (Å²) in [6.07, 6.45) is 2.64. The molecule has 8 rings (SSSR count). The molecule has 2 aromatic heterocycles. The summed E-state index contributed by atoms with van der Waals surface area (Å²) in [4.78, 5) is 135. The van der Waals surface area contributed by atoms with Crippen LogP contribution in [0.3, 0.4) is 0 Å². The van der Waals surface area contributed by atoms with Gasteiger partial charge in [0.2, 0.25) is 23.6 Å². The second-order valence-electron chi connectivity index (χ2n) is 23.9. The highest BCUT2D eigenvalue weighted by atomic mass is 16.6. The van der Waals surface area contributed by atoms with Gasteiger partial charge >= 0.3 is 18.2 Å². The molecule has 28 nitrogen and oxygen atoms in total. The van der Waals surface area contributed by atoms with Gasteiger partial charge in [-0.05, 0) is 93.3 Å². The number of anilines is 1. The van der Waals surface area contributed by atoms with Gasteiger partial charge in [-0.25, -0.2) is 19.4 Å². The molecule has 8 amide bonds. The van der Waals surface area contributed by atoms with Crippen molar-refractivity contribution in [2.75, 3.05) is 84.4 Å². The maximum atomic E-state index is 14.0. The Balaban J connectivity index is 0.777. The number of aliphatic hydroxyl groups is 1. The van der Waals surface area contributed by atoms with Gasteiger partial charge in [-0.2, -0.15) is 0 Å². The van der Waals surface area contributed by atoms with Crippen molar-refractivity contribution in [1.29, 1.82) is 0 Å². The van der Waals surface area contributed by atoms with Crippen molar-refractivity contribution in [2.45, 2.75) is 136 Å². The van der Waals surface area contributed by atoms with Gasteiger partial charge in [-0.3, -0.25) is 38.5 Å². The lowest BCUT2D eigenvalue weighted by molar-refractivity contribution is -0.172. The van der Waals surface area contributed by atoms with Crippen molar-refractivity contribution in [3.05, 3.63) is 98.4 Å². The molecule has 4 aromatic rings. The standard InChI is InChI=1S/C65H83N9O19/c1-7-65(85)47-33-50-57-45(36-74(50)60(81)46(47)38-91-61(65)82)44(43-32-41-18-24-90-51(41)34-49(43)70-57)35-68-62(83)92-37-40-11-13-42(14-12-40)69-58(79)48(10-8-9-20-67-63(84)93-64(4,5)6)71-59(80)56(39(2)3)72-53(76)19-23-86-26-28-88-30-31-89-29-27-87-25-21-66-52(75)17-22-73-54(77)15-16-55(73)78/h11-16,32-34,39,48,56,85H,7-10,17-31,35-38H2,1-6H3,(H,66,75)(H,67,84)(H,68,83)(H,69,79)(H,71,80)(H,72,76)/t48?,56?,65-/m0/s1. The van der Waals surface area contributed by atoms with E-state index in [1.807, 2.05) is 12.1 Å². The molecule has 0 bridgehead atoms. The Morgan fingerprint density at radius 1 is 0.753 bits per heavy atom. The number of unbranched alkanes of at least 4 members (excludes halogenated alkanes) is 1. The summed E-state index contributed by atoms with van der Waals surface area (Å²) in [5.74, 6) is -3.27. The molecule has 0 radical (unpaired) electrons. The summed E-state index contributed by atoms with van der Waals surface area (Å²) in [5, 5.41) is 28.9. The third kappa shape index (κ3) is 18.9. The largest absolute Gasteiger partial charge is 0.493 e. The topological polar surface area (TPSA) is 358 Å². The highest BCUT2D eigenvalue weighted by Gasteiger charge is 2.46. The number of nitrogens with zero attached hydrogens (tertiary/aromatic N) is 3. The Morgan fingerprint density at radius 3 is 2.12 bits per heavy atom. The van der Waals surface area contributed by atoms with Gasteiger partial charge in [0.15, 0.2) is 5.60 Å². The van der Waals surface area contributed by atoms with Gasteiger partial charge < -0.3 is 79.5 Å². The molecule has 6 heterocycles. The molecule has 7 N–H and O–H groups in total. The average molecular weight is 1290 g/mol. The second-order valence-corrected chi connectivity index (χ2v) is 23.9. The van der Waals surface area contributed by atoms with Gasteiger partial charge in [-0.1, -0.05) is 32.9 Å². The number of ether oxygens (including phenoxy) is 8. The fraction of sp³-hybridized carbons (Fsp3) is 0.523. The second kappa shape index (κ2) is 32.6. The van der Waals surface area contributed by atoms with Crippen LogP contribution in [-0.2, 0) is 105 Å². The average Bonchev–Trinajstić information content (AvgIpc) is 1.62. The minimum atomic E-state index is -2.01. The van der Waals surface area contributed by atoms with E-state index in [1.54, 1.807) is 71.9 Å². The highest BCUT2D eigenvalue weighted by Crippen LogP contribution is 2.42. The molecule has 28 heteroatoms. The van der Waals surface area contributed by atoms with E-state index in [-0.39, 0.29) is 128 Å². The Hall–Kier alpha value is -8.83. The van der Waals surface area contributed by atoms with Crippen LogP contribution in [0, 0.1) is 5.92 Å². The molecule has 0 aliphatic carbocycles. The zero-order valence-electron chi connectivity index (χ0n) is 53.3. The van der Waals surface area contributed by atoms with Crippen molar-refractivity contribution in [2.24, 2.45) is 5.92 Å². The molecule has 93 heavy (non-hydrogen) atoms. The third-order valence-corrected chi connectivity index (χ3v) is 15.7. The molecule has 0 fully saturated rings. The molecule has 0 spiro atoms. The maximum Gasteiger partial charge on any atom is 0.407 e. The first-order chi connectivity index (χ1) is 44.5. The summed E-state index contributed by atoms with van der Waals surface area (Å²) in [7, 11) is 0. The van der Waals surface area contributed by atoms with Gasteiger partial charge in [0.05, 0.1) is 88.5 Å². The van der Waals surface area contributed by atoms with E-state index in [4.69, 9.17) is 42.9 Å². The molecule has 502 valence electrons. The van der Waals surface area contributed by atoms with Crippen LogP contribution < -0.4 is 42.2 Å². The molecular weight excluding hydrogens is 1210 g/mol. The number of imide groups is 1. The Kier molecular flexibility index (Phi) is 24.6. The molecule has 4 aliphatic rings. The number of aromatic nitrogens is 2. The number of amides is 8. The Morgan fingerprint density at radius 2 is 1.44 bits per heavy atom. The Labute approximate surface area is 537 Å². The molecule has 3 atom stereocenters. The zero-order valence-corrected chi connectivity index (χ0v) is 53.3. The number of pyridine rings is 2. The molecule has 4 aliphatic heterocycles. The van der Waals surface area contributed by atoms with Crippen molar-refractivity contribution < 1.29 is 86.2 Å². The van der Waals surface area contributed by atoms with Crippen LogP contribution in [-0.4, -0.2) is 170 Å². The van der Waals surface area contributed by atoms with Crippen LogP contribution in [0.15, 0.2) is 59.4 Å². The monoisotopic (exact) mass is 1290 g/mol. The minimum Gasteiger partial charge on any atom is -0.493 e. The van der Waals surface area contributed by atoms with E-state index in [9.17, 15) is 53.1 Å².